The van der Waals surface area contributed by atoms with Crippen molar-refractivity contribution in [2.45, 2.75) is 18.6 Å². The summed E-state index contributed by atoms with van der Waals surface area (Å²) in [5, 5.41) is 9.11. The third kappa shape index (κ3) is 3.13. The lowest BCUT2D eigenvalue weighted by Crippen LogP contribution is -2.38. The van der Waals surface area contributed by atoms with Crippen molar-refractivity contribution in [1.29, 1.82) is 0 Å². The van der Waals surface area contributed by atoms with Gasteiger partial charge in [-0.05, 0) is 17.7 Å². The quantitative estimate of drug-likeness (QED) is 0.850. The number of carboxylic acid groups (broad SMARTS) is 1. The van der Waals surface area contributed by atoms with Crippen LogP contribution in [0.2, 0.25) is 5.02 Å². The van der Waals surface area contributed by atoms with E-state index in [4.69, 9.17) is 31.9 Å². The number of benzene rings is 1. The van der Waals surface area contributed by atoms with Crippen LogP contribution in [0.5, 0.6) is 5.75 Å². The standard InChI is InChI=1S/C12H14ClNO4/c13-9-3-7(10(14)4-12(15)16)1-2-11(9)18-8-5-17-6-8/h1-3,8,10H,4-6,14H2,(H,15,16). The number of carbonyl (C=O) groups is 1. The highest BCUT2D eigenvalue weighted by molar-refractivity contribution is 6.32. The van der Waals surface area contributed by atoms with Gasteiger partial charge >= 0.3 is 5.97 Å². The molecule has 98 valence electrons. The van der Waals surface area contributed by atoms with E-state index in [0.717, 1.165) is 0 Å². The van der Waals surface area contributed by atoms with Crippen molar-refractivity contribution in [2.75, 3.05) is 13.2 Å². The Morgan fingerprint density at radius 2 is 2.33 bits per heavy atom. The fourth-order valence-corrected chi connectivity index (χ4v) is 1.84. The Hall–Kier alpha value is -1.30. The molecule has 1 heterocycles. The van der Waals surface area contributed by atoms with Crippen molar-refractivity contribution in [3.8, 4) is 5.75 Å². The number of nitrogens with two attached hydrogens (primary N) is 1. The maximum Gasteiger partial charge on any atom is 0.305 e. The molecule has 1 unspecified atom stereocenters. The number of hydrogen-bond donors (Lipinski definition) is 2. The van der Waals surface area contributed by atoms with Gasteiger partial charge < -0.3 is 20.3 Å². The first-order chi connectivity index (χ1) is 8.56. The molecule has 0 saturated carbocycles. The number of ether oxygens (including phenoxy) is 2. The molecule has 0 amide bonds. The summed E-state index contributed by atoms with van der Waals surface area (Å²) in [5.74, 6) is -0.373. The first-order valence-electron chi connectivity index (χ1n) is 5.57. The van der Waals surface area contributed by atoms with E-state index < -0.39 is 12.0 Å². The summed E-state index contributed by atoms with van der Waals surface area (Å²) in [5.41, 5.74) is 6.43. The molecule has 1 aromatic carbocycles. The number of rotatable bonds is 5. The molecule has 0 aliphatic carbocycles. The van der Waals surface area contributed by atoms with Crippen LogP contribution in [-0.2, 0) is 9.53 Å². The Balaban J connectivity index is 2.05. The van der Waals surface area contributed by atoms with E-state index in [1.165, 1.54) is 0 Å². The Morgan fingerprint density at radius 3 is 2.83 bits per heavy atom. The lowest BCUT2D eigenvalue weighted by molar-refractivity contribution is -0.137. The predicted octanol–water partition coefficient (Wildman–Crippen LogP) is 1.59. The van der Waals surface area contributed by atoms with Gasteiger partial charge in [0.05, 0.1) is 24.7 Å². The van der Waals surface area contributed by atoms with Gasteiger partial charge in [-0.15, -0.1) is 0 Å². The molecule has 1 fully saturated rings. The minimum Gasteiger partial charge on any atom is -0.484 e. The monoisotopic (exact) mass is 271 g/mol. The van der Waals surface area contributed by atoms with E-state index in [0.29, 0.717) is 29.5 Å². The Kier molecular flexibility index (Phi) is 4.06. The highest BCUT2D eigenvalue weighted by atomic mass is 35.5. The van der Waals surface area contributed by atoms with Gasteiger partial charge in [0.1, 0.15) is 11.9 Å². The second kappa shape index (κ2) is 5.56. The molecule has 0 aromatic heterocycles. The van der Waals surface area contributed by atoms with Crippen molar-refractivity contribution >= 4 is 17.6 Å². The van der Waals surface area contributed by atoms with Crippen LogP contribution in [0, 0.1) is 0 Å². The first kappa shape index (κ1) is 13.1. The van der Waals surface area contributed by atoms with Crippen LogP contribution in [0.1, 0.15) is 18.0 Å². The second-order valence-electron chi connectivity index (χ2n) is 4.17. The summed E-state index contributed by atoms with van der Waals surface area (Å²) in [6.45, 7) is 1.13. The Bertz CT molecular complexity index is 448. The van der Waals surface area contributed by atoms with E-state index in [1.54, 1.807) is 18.2 Å². The molecule has 0 spiro atoms. The summed E-state index contributed by atoms with van der Waals surface area (Å²) in [6, 6.07) is 4.51. The molecule has 1 saturated heterocycles. The largest absolute Gasteiger partial charge is 0.484 e. The molecule has 0 bridgehead atoms. The number of halogens is 1. The maximum absolute atomic E-state index is 10.6. The molecule has 18 heavy (non-hydrogen) atoms. The van der Waals surface area contributed by atoms with E-state index in [1.807, 2.05) is 0 Å². The predicted molar refractivity (Wildman–Crippen MR) is 65.9 cm³/mol. The zero-order valence-corrected chi connectivity index (χ0v) is 10.4. The van der Waals surface area contributed by atoms with Crippen molar-refractivity contribution in [3.63, 3.8) is 0 Å². The van der Waals surface area contributed by atoms with Crippen molar-refractivity contribution in [1.82, 2.24) is 0 Å². The molecule has 2 rings (SSSR count). The van der Waals surface area contributed by atoms with E-state index in [9.17, 15) is 4.79 Å². The van der Waals surface area contributed by atoms with Crippen molar-refractivity contribution < 1.29 is 19.4 Å². The summed E-state index contributed by atoms with van der Waals surface area (Å²) < 4.78 is 10.6. The summed E-state index contributed by atoms with van der Waals surface area (Å²) in [6.07, 6.45) is -0.0893. The van der Waals surface area contributed by atoms with E-state index >= 15 is 0 Å². The molecule has 1 aliphatic heterocycles. The topological polar surface area (TPSA) is 81.8 Å². The van der Waals surface area contributed by atoms with Gasteiger partial charge in [-0.3, -0.25) is 4.79 Å². The molecular formula is C12H14ClNO4. The lowest BCUT2D eigenvalue weighted by Gasteiger charge is -2.27. The molecule has 1 aromatic rings. The van der Waals surface area contributed by atoms with Gasteiger partial charge in [0.15, 0.2) is 0 Å². The SMILES string of the molecule is NC(CC(=O)O)c1ccc(OC2COC2)c(Cl)c1. The van der Waals surface area contributed by atoms with Gasteiger partial charge in [0.2, 0.25) is 0 Å². The average Bonchev–Trinajstić information content (AvgIpc) is 2.23. The summed E-state index contributed by atoms with van der Waals surface area (Å²) >= 11 is 6.07. The van der Waals surface area contributed by atoms with Crippen LogP contribution >= 0.6 is 11.6 Å². The zero-order chi connectivity index (χ0) is 13.1. The van der Waals surface area contributed by atoms with Gasteiger partial charge in [-0.25, -0.2) is 0 Å². The van der Waals surface area contributed by atoms with Gasteiger partial charge in [-0.1, -0.05) is 17.7 Å². The summed E-state index contributed by atoms with van der Waals surface area (Å²) in [4.78, 5) is 10.6. The normalized spacial score (nSPS) is 17.0. The van der Waals surface area contributed by atoms with E-state index in [-0.39, 0.29) is 12.5 Å². The fraction of sp³-hybridized carbons (Fsp3) is 0.417. The molecule has 1 atom stereocenters. The number of carboxylic acids is 1. The number of hydrogen-bond acceptors (Lipinski definition) is 4. The van der Waals surface area contributed by atoms with Gasteiger partial charge in [-0.2, -0.15) is 0 Å². The van der Waals surface area contributed by atoms with Gasteiger partial charge in [0.25, 0.3) is 0 Å². The fourth-order valence-electron chi connectivity index (χ4n) is 1.61. The maximum atomic E-state index is 10.6. The third-order valence-electron chi connectivity index (χ3n) is 2.68. The van der Waals surface area contributed by atoms with Crippen molar-refractivity contribution in [3.05, 3.63) is 28.8 Å². The second-order valence-corrected chi connectivity index (χ2v) is 4.58. The summed E-state index contributed by atoms with van der Waals surface area (Å²) in [7, 11) is 0. The van der Waals surface area contributed by atoms with Crippen LogP contribution < -0.4 is 10.5 Å². The highest BCUT2D eigenvalue weighted by Gasteiger charge is 2.21. The lowest BCUT2D eigenvalue weighted by atomic mass is 10.0. The molecule has 5 nitrogen and oxygen atoms in total. The molecular weight excluding hydrogens is 258 g/mol. The molecule has 1 aliphatic rings. The average molecular weight is 272 g/mol. The highest BCUT2D eigenvalue weighted by Crippen LogP contribution is 2.29. The molecule has 6 heteroatoms. The molecule has 0 radical (unpaired) electrons. The third-order valence-corrected chi connectivity index (χ3v) is 2.98. The van der Waals surface area contributed by atoms with Crippen LogP contribution in [-0.4, -0.2) is 30.4 Å². The van der Waals surface area contributed by atoms with Crippen LogP contribution in [0.3, 0.4) is 0 Å². The Labute approximate surface area is 109 Å². The van der Waals surface area contributed by atoms with Crippen LogP contribution in [0.15, 0.2) is 18.2 Å². The van der Waals surface area contributed by atoms with Gasteiger partial charge in [0, 0.05) is 6.04 Å². The Morgan fingerprint density at radius 1 is 1.61 bits per heavy atom. The van der Waals surface area contributed by atoms with Crippen molar-refractivity contribution in [2.24, 2.45) is 5.73 Å². The minimum absolute atomic E-state index is 0.0426. The zero-order valence-electron chi connectivity index (χ0n) is 9.64. The first-order valence-corrected chi connectivity index (χ1v) is 5.95. The minimum atomic E-state index is -0.939. The molecule has 3 N–H and O–H groups in total. The van der Waals surface area contributed by atoms with Crippen LogP contribution in [0.25, 0.3) is 0 Å². The van der Waals surface area contributed by atoms with Crippen LogP contribution in [0.4, 0.5) is 0 Å². The number of aliphatic carboxylic acids is 1. The van der Waals surface area contributed by atoms with E-state index in [2.05, 4.69) is 0 Å². The smallest absolute Gasteiger partial charge is 0.305 e.